The van der Waals surface area contributed by atoms with Gasteiger partial charge in [0.15, 0.2) is 0 Å². The van der Waals surface area contributed by atoms with Crippen LogP contribution in [0.1, 0.15) is 37.6 Å². The van der Waals surface area contributed by atoms with Crippen LogP contribution in [0.4, 0.5) is 0 Å². The zero-order valence-corrected chi connectivity index (χ0v) is 13.7. The standard InChI is InChI=1S/C17H26N2O3/c1-12(2)15(17(22)19(4)11-10-13(3)20)18-16(21)14-8-6-5-7-9-14/h5-9,12-13,15,20H,10-11H2,1-4H3,(H,18,21). The number of nitrogens with zero attached hydrogens (tertiary/aromatic N) is 1. The van der Waals surface area contributed by atoms with Gasteiger partial charge in [0.1, 0.15) is 6.04 Å². The molecule has 122 valence electrons. The van der Waals surface area contributed by atoms with Gasteiger partial charge in [-0.15, -0.1) is 0 Å². The number of carbonyl (C=O) groups is 2. The summed E-state index contributed by atoms with van der Waals surface area (Å²) in [5, 5.41) is 12.1. The minimum Gasteiger partial charge on any atom is -0.393 e. The lowest BCUT2D eigenvalue weighted by Gasteiger charge is -2.27. The van der Waals surface area contributed by atoms with E-state index in [1.807, 2.05) is 19.9 Å². The second kappa shape index (κ2) is 8.54. The summed E-state index contributed by atoms with van der Waals surface area (Å²) in [5.41, 5.74) is 0.535. The first-order valence-corrected chi connectivity index (χ1v) is 7.62. The quantitative estimate of drug-likeness (QED) is 0.805. The van der Waals surface area contributed by atoms with E-state index >= 15 is 0 Å². The Hall–Kier alpha value is -1.88. The van der Waals surface area contributed by atoms with Gasteiger partial charge >= 0.3 is 0 Å². The average molecular weight is 306 g/mol. The van der Waals surface area contributed by atoms with E-state index < -0.39 is 12.1 Å². The van der Waals surface area contributed by atoms with Crippen LogP contribution in [0.5, 0.6) is 0 Å². The molecule has 0 aromatic heterocycles. The summed E-state index contributed by atoms with van der Waals surface area (Å²) in [7, 11) is 1.69. The maximum atomic E-state index is 12.5. The van der Waals surface area contributed by atoms with E-state index in [4.69, 9.17) is 0 Å². The first-order valence-electron chi connectivity index (χ1n) is 7.62. The molecule has 0 saturated heterocycles. The maximum Gasteiger partial charge on any atom is 0.251 e. The first-order chi connectivity index (χ1) is 10.3. The van der Waals surface area contributed by atoms with Crippen molar-refractivity contribution >= 4 is 11.8 Å². The molecule has 5 nitrogen and oxygen atoms in total. The molecule has 1 aromatic rings. The zero-order valence-electron chi connectivity index (χ0n) is 13.7. The Morgan fingerprint density at radius 3 is 2.27 bits per heavy atom. The molecule has 2 atom stereocenters. The second-order valence-electron chi connectivity index (χ2n) is 5.96. The highest BCUT2D eigenvalue weighted by Crippen LogP contribution is 2.08. The Labute approximate surface area is 132 Å². The van der Waals surface area contributed by atoms with Crippen molar-refractivity contribution in [2.45, 2.75) is 39.3 Å². The van der Waals surface area contributed by atoms with Crippen molar-refractivity contribution in [1.29, 1.82) is 0 Å². The summed E-state index contributed by atoms with van der Waals surface area (Å²) < 4.78 is 0. The molecule has 0 saturated carbocycles. The van der Waals surface area contributed by atoms with Crippen molar-refractivity contribution < 1.29 is 14.7 Å². The van der Waals surface area contributed by atoms with Gasteiger partial charge in [-0.25, -0.2) is 0 Å². The number of carbonyl (C=O) groups excluding carboxylic acids is 2. The third-order valence-electron chi connectivity index (χ3n) is 3.51. The van der Waals surface area contributed by atoms with Crippen LogP contribution in [0.2, 0.25) is 0 Å². The van der Waals surface area contributed by atoms with Crippen molar-refractivity contribution in [3.05, 3.63) is 35.9 Å². The number of hydrogen-bond donors (Lipinski definition) is 2. The fraction of sp³-hybridized carbons (Fsp3) is 0.529. The molecule has 1 aromatic carbocycles. The molecule has 0 heterocycles. The van der Waals surface area contributed by atoms with Crippen LogP contribution in [0.25, 0.3) is 0 Å². The molecular weight excluding hydrogens is 280 g/mol. The number of nitrogens with one attached hydrogen (secondary N) is 1. The molecule has 0 aliphatic carbocycles. The number of benzene rings is 1. The van der Waals surface area contributed by atoms with Crippen LogP contribution in [-0.4, -0.2) is 47.6 Å². The molecule has 0 aliphatic heterocycles. The molecule has 0 spiro atoms. The monoisotopic (exact) mass is 306 g/mol. The largest absolute Gasteiger partial charge is 0.393 e. The van der Waals surface area contributed by atoms with Crippen molar-refractivity contribution in [1.82, 2.24) is 10.2 Å². The minimum atomic E-state index is -0.577. The van der Waals surface area contributed by atoms with E-state index in [9.17, 15) is 14.7 Å². The SMILES string of the molecule is CC(O)CCN(C)C(=O)C(NC(=O)c1ccccc1)C(C)C. The molecule has 0 aliphatic rings. The van der Waals surface area contributed by atoms with Gasteiger partial charge in [-0.1, -0.05) is 32.0 Å². The molecule has 0 radical (unpaired) electrons. The Bertz CT molecular complexity index is 486. The number of aliphatic hydroxyl groups excluding tert-OH is 1. The van der Waals surface area contributed by atoms with Crippen molar-refractivity contribution in [2.75, 3.05) is 13.6 Å². The van der Waals surface area contributed by atoms with Crippen LogP contribution in [0.15, 0.2) is 30.3 Å². The minimum absolute atomic E-state index is 0.0193. The van der Waals surface area contributed by atoms with Gasteiger partial charge in [0, 0.05) is 19.2 Å². The van der Waals surface area contributed by atoms with Gasteiger partial charge in [-0.2, -0.15) is 0 Å². The van der Waals surface area contributed by atoms with Crippen LogP contribution < -0.4 is 5.32 Å². The zero-order chi connectivity index (χ0) is 16.7. The van der Waals surface area contributed by atoms with E-state index in [1.165, 1.54) is 0 Å². The van der Waals surface area contributed by atoms with Crippen LogP contribution in [0.3, 0.4) is 0 Å². The van der Waals surface area contributed by atoms with Crippen molar-refractivity contribution in [3.63, 3.8) is 0 Å². The van der Waals surface area contributed by atoms with Crippen LogP contribution in [0, 0.1) is 5.92 Å². The Morgan fingerprint density at radius 1 is 1.18 bits per heavy atom. The van der Waals surface area contributed by atoms with Crippen LogP contribution in [-0.2, 0) is 4.79 Å². The fourth-order valence-electron chi connectivity index (χ4n) is 2.06. The summed E-state index contributed by atoms with van der Waals surface area (Å²) in [4.78, 5) is 26.3. The lowest BCUT2D eigenvalue weighted by atomic mass is 10.0. The van der Waals surface area contributed by atoms with Gasteiger partial charge in [-0.05, 0) is 31.4 Å². The predicted octanol–water partition coefficient (Wildman–Crippen LogP) is 1.67. The Kier molecular flexibility index (Phi) is 7.05. The summed E-state index contributed by atoms with van der Waals surface area (Å²) in [6.45, 7) is 5.95. The number of rotatable bonds is 7. The molecule has 0 bridgehead atoms. The third kappa shape index (κ3) is 5.48. The summed E-state index contributed by atoms with van der Waals surface area (Å²) in [6.07, 6.45) is 0.0614. The molecule has 1 rings (SSSR count). The van der Waals surface area contributed by atoms with Gasteiger partial charge in [0.05, 0.1) is 6.10 Å². The van der Waals surface area contributed by atoms with Gasteiger partial charge in [-0.3, -0.25) is 9.59 Å². The van der Waals surface area contributed by atoms with E-state index in [1.54, 1.807) is 43.1 Å². The number of aliphatic hydroxyl groups is 1. The van der Waals surface area contributed by atoms with Gasteiger partial charge in [0.2, 0.25) is 5.91 Å². The Balaban J connectivity index is 2.72. The van der Waals surface area contributed by atoms with E-state index in [-0.39, 0.29) is 17.7 Å². The first kappa shape index (κ1) is 18.2. The summed E-state index contributed by atoms with van der Waals surface area (Å²) in [5.74, 6) is -0.411. The second-order valence-corrected chi connectivity index (χ2v) is 5.96. The molecule has 22 heavy (non-hydrogen) atoms. The average Bonchev–Trinajstić information content (AvgIpc) is 2.49. The number of hydrogen-bond acceptors (Lipinski definition) is 3. The van der Waals surface area contributed by atoms with Crippen molar-refractivity contribution in [3.8, 4) is 0 Å². The predicted molar refractivity (Wildman–Crippen MR) is 86.5 cm³/mol. The topological polar surface area (TPSA) is 69.6 Å². The lowest BCUT2D eigenvalue weighted by Crippen LogP contribution is -2.50. The number of amides is 2. The molecular formula is C17H26N2O3. The van der Waals surface area contributed by atoms with Gasteiger partial charge in [0.25, 0.3) is 5.91 Å². The van der Waals surface area contributed by atoms with Crippen molar-refractivity contribution in [2.24, 2.45) is 5.92 Å². The smallest absolute Gasteiger partial charge is 0.251 e. The molecule has 2 amide bonds. The molecule has 2 N–H and O–H groups in total. The molecule has 5 heteroatoms. The normalized spacial score (nSPS) is 13.5. The maximum absolute atomic E-state index is 12.5. The van der Waals surface area contributed by atoms with Gasteiger partial charge < -0.3 is 15.3 Å². The Morgan fingerprint density at radius 2 is 1.77 bits per heavy atom. The highest BCUT2D eigenvalue weighted by atomic mass is 16.3. The van der Waals surface area contributed by atoms with E-state index in [0.29, 0.717) is 18.5 Å². The van der Waals surface area contributed by atoms with E-state index in [0.717, 1.165) is 0 Å². The highest BCUT2D eigenvalue weighted by molar-refractivity contribution is 5.97. The molecule has 2 unspecified atom stereocenters. The molecule has 0 fully saturated rings. The van der Waals surface area contributed by atoms with Crippen LogP contribution >= 0.6 is 0 Å². The lowest BCUT2D eigenvalue weighted by molar-refractivity contribution is -0.133. The summed E-state index contributed by atoms with van der Waals surface area (Å²) in [6, 6.07) is 8.27. The van der Waals surface area contributed by atoms with E-state index in [2.05, 4.69) is 5.32 Å². The number of likely N-dealkylation sites (N-methyl/N-ethyl adjacent to an activating group) is 1. The summed E-state index contributed by atoms with van der Waals surface area (Å²) >= 11 is 0. The third-order valence-corrected chi connectivity index (χ3v) is 3.51. The highest BCUT2D eigenvalue weighted by Gasteiger charge is 2.27. The fourth-order valence-corrected chi connectivity index (χ4v) is 2.06.